The number of aryl methyl sites for hydroxylation is 2. The number of carbonyl (C=O) groups is 1. The van der Waals surface area contributed by atoms with E-state index in [1.165, 1.54) is 16.4 Å². The van der Waals surface area contributed by atoms with E-state index in [1.54, 1.807) is 18.3 Å². The minimum absolute atomic E-state index is 0.0553. The maximum atomic E-state index is 11.5. The molecule has 0 saturated carbocycles. The molecule has 0 unspecified atom stereocenters. The highest BCUT2D eigenvalue weighted by atomic mass is 32.1. The Bertz CT molecular complexity index is 545. The minimum atomic E-state index is 0.0553. The van der Waals surface area contributed by atoms with Crippen LogP contribution < -0.4 is 5.32 Å². The summed E-state index contributed by atoms with van der Waals surface area (Å²) in [6.07, 6.45) is 0. The molecule has 6 heteroatoms. The molecule has 2 aromatic heterocycles. The molecule has 0 amide bonds. The summed E-state index contributed by atoms with van der Waals surface area (Å²) in [6.45, 7) is 6.10. The Morgan fingerprint density at radius 1 is 1.41 bits per heavy atom. The van der Waals surface area contributed by atoms with Gasteiger partial charge in [0, 0.05) is 4.88 Å². The summed E-state index contributed by atoms with van der Waals surface area (Å²) in [4.78, 5) is 16.9. The fraction of sp³-hybridized carbons (Fsp3) is 0.364. The Morgan fingerprint density at radius 2 is 2.18 bits per heavy atom. The second-order valence-electron chi connectivity index (χ2n) is 3.74. The van der Waals surface area contributed by atoms with E-state index in [2.05, 4.69) is 14.7 Å². The average Bonchev–Trinajstić information content (AvgIpc) is 2.82. The molecule has 4 nitrogen and oxygen atoms in total. The van der Waals surface area contributed by atoms with Crippen LogP contribution in [0.1, 0.15) is 33.5 Å². The number of hydrogen-bond donors (Lipinski definition) is 1. The lowest BCUT2D eigenvalue weighted by atomic mass is 10.2. The zero-order chi connectivity index (χ0) is 12.4. The molecule has 0 bridgehead atoms. The highest BCUT2D eigenvalue weighted by molar-refractivity contribution is 7.11. The second-order valence-corrected chi connectivity index (χ2v) is 5.46. The van der Waals surface area contributed by atoms with E-state index in [1.807, 2.05) is 19.4 Å². The number of anilines is 1. The van der Waals surface area contributed by atoms with Crippen molar-refractivity contribution >= 4 is 33.7 Å². The van der Waals surface area contributed by atoms with Crippen LogP contribution in [0.4, 0.5) is 5.00 Å². The van der Waals surface area contributed by atoms with E-state index < -0.39 is 0 Å². The van der Waals surface area contributed by atoms with Crippen molar-refractivity contribution in [2.45, 2.75) is 27.3 Å². The van der Waals surface area contributed by atoms with Crippen molar-refractivity contribution in [3.63, 3.8) is 0 Å². The van der Waals surface area contributed by atoms with Crippen LogP contribution in [0.5, 0.6) is 0 Å². The first kappa shape index (κ1) is 12.2. The molecule has 0 aliphatic rings. The largest absolute Gasteiger partial charge is 0.370 e. The molecule has 0 aromatic carbocycles. The quantitative estimate of drug-likeness (QED) is 0.865. The van der Waals surface area contributed by atoms with Gasteiger partial charge in [0.15, 0.2) is 5.78 Å². The standard InChI is InChI=1S/C11H13N3OS2/c1-6-9(16-5-13-6)4-12-11-10(8(3)15)7(2)14-17-11/h5,12H,4H2,1-3H3. The number of Topliss-reactive ketones (excluding diaryl/α,β-unsaturated/α-hetero) is 1. The van der Waals surface area contributed by atoms with Gasteiger partial charge in [-0.25, -0.2) is 4.98 Å². The fourth-order valence-electron chi connectivity index (χ4n) is 1.56. The fourth-order valence-corrected chi connectivity index (χ4v) is 3.12. The van der Waals surface area contributed by atoms with Crippen LogP contribution in [0.2, 0.25) is 0 Å². The van der Waals surface area contributed by atoms with Gasteiger partial charge in [0.2, 0.25) is 0 Å². The smallest absolute Gasteiger partial charge is 0.164 e. The van der Waals surface area contributed by atoms with Crippen molar-refractivity contribution in [1.29, 1.82) is 0 Å². The maximum absolute atomic E-state index is 11.5. The predicted molar refractivity (Wildman–Crippen MR) is 71.0 cm³/mol. The van der Waals surface area contributed by atoms with Crippen LogP contribution in [0.25, 0.3) is 0 Å². The summed E-state index contributed by atoms with van der Waals surface area (Å²) in [7, 11) is 0. The molecule has 0 saturated heterocycles. The summed E-state index contributed by atoms with van der Waals surface area (Å²) in [5.41, 5.74) is 4.37. The van der Waals surface area contributed by atoms with Gasteiger partial charge >= 0.3 is 0 Å². The Balaban J connectivity index is 2.15. The lowest BCUT2D eigenvalue weighted by Gasteiger charge is -2.04. The van der Waals surface area contributed by atoms with Crippen LogP contribution in [0.3, 0.4) is 0 Å². The summed E-state index contributed by atoms with van der Waals surface area (Å²) < 4.78 is 4.21. The van der Waals surface area contributed by atoms with Crippen molar-refractivity contribution in [2.75, 3.05) is 5.32 Å². The number of carbonyl (C=O) groups excluding carboxylic acids is 1. The molecule has 17 heavy (non-hydrogen) atoms. The normalized spacial score (nSPS) is 10.5. The van der Waals surface area contributed by atoms with E-state index in [0.29, 0.717) is 12.1 Å². The van der Waals surface area contributed by atoms with E-state index in [0.717, 1.165) is 16.4 Å². The highest BCUT2D eigenvalue weighted by Crippen LogP contribution is 2.26. The third-order valence-electron chi connectivity index (χ3n) is 2.47. The highest BCUT2D eigenvalue weighted by Gasteiger charge is 2.14. The first-order valence-corrected chi connectivity index (χ1v) is 6.85. The van der Waals surface area contributed by atoms with Gasteiger partial charge in [-0.15, -0.1) is 11.3 Å². The predicted octanol–water partition coefficient (Wildman–Crippen LogP) is 3.03. The van der Waals surface area contributed by atoms with Gasteiger partial charge in [0.1, 0.15) is 5.00 Å². The Hall–Kier alpha value is -1.27. The Morgan fingerprint density at radius 3 is 2.76 bits per heavy atom. The Kier molecular flexibility index (Phi) is 3.54. The van der Waals surface area contributed by atoms with Crippen molar-refractivity contribution < 1.29 is 4.79 Å². The minimum Gasteiger partial charge on any atom is -0.370 e. The lowest BCUT2D eigenvalue weighted by Crippen LogP contribution is -2.03. The Labute approximate surface area is 108 Å². The number of rotatable bonds is 4. The van der Waals surface area contributed by atoms with Crippen LogP contribution in [-0.4, -0.2) is 15.1 Å². The summed E-state index contributed by atoms with van der Waals surface area (Å²) >= 11 is 2.95. The lowest BCUT2D eigenvalue weighted by molar-refractivity contribution is 0.101. The zero-order valence-electron chi connectivity index (χ0n) is 9.90. The number of hydrogen-bond acceptors (Lipinski definition) is 6. The number of thiazole rings is 1. The molecule has 0 atom stereocenters. The number of ketones is 1. The topological polar surface area (TPSA) is 54.9 Å². The van der Waals surface area contributed by atoms with Gasteiger partial charge in [0.05, 0.1) is 29.0 Å². The first-order chi connectivity index (χ1) is 8.09. The monoisotopic (exact) mass is 267 g/mol. The average molecular weight is 267 g/mol. The van der Waals surface area contributed by atoms with Crippen molar-refractivity contribution in [3.05, 3.63) is 27.3 Å². The van der Waals surface area contributed by atoms with Crippen LogP contribution in [-0.2, 0) is 6.54 Å². The molecular formula is C11H13N3OS2. The molecule has 0 radical (unpaired) electrons. The summed E-state index contributed by atoms with van der Waals surface area (Å²) in [6, 6.07) is 0. The number of nitrogens with one attached hydrogen (secondary N) is 1. The summed E-state index contributed by atoms with van der Waals surface area (Å²) in [5.74, 6) is 0.0553. The molecule has 1 N–H and O–H groups in total. The number of aromatic nitrogens is 2. The zero-order valence-corrected chi connectivity index (χ0v) is 11.5. The van der Waals surface area contributed by atoms with Crippen molar-refractivity contribution in [2.24, 2.45) is 0 Å². The van der Waals surface area contributed by atoms with Gasteiger partial charge in [-0.05, 0) is 32.3 Å². The molecule has 0 aliphatic carbocycles. The van der Waals surface area contributed by atoms with Gasteiger partial charge in [-0.2, -0.15) is 4.37 Å². The molecule has 90 valence electrons. The van der Waals surface area contributed by atoms with E-state index in [-0.39, 0.29) is 5.78 Å². The van der Waals surface area contributed by atoms with Crippen LogP contribution in [0.15, 0.2) is 5.51 Å². The van der Waals surface area contributed by atoms with E-state index in [4.69, 9.17) is 0 Å². The molecule has 2 heterocycles. The molecule has 0 spiro atoms. The van der Waals surface area contributed by atoms with E-state index >= 15 is 0 Å². The van der Waals surface area contributed by atoms with Gasteiger partial charge in [0.25, 0.3) is 0 Å². The van der Waals surface area contributed by atoms with Crippen molar-refractivity contribution in [3.8, 4) is 0 Å². The second kappa shape index (κ2) is 4.93. The van der Waals surface area contributed by atoms with Crippen LogP contribution >= 0.6 is 22.9 Å². The van der Waals surface area contributed by atoms with Gasteiger partial charge < -0.3 is 5.32 Å². The third kappa shape index (κ3) is 2.53. The molecular weight excluding hydrogens is 254 g/mol. The van der Waals surface area contributed by atoms with E-state index in [9.17, 15) is 4.79 Å². The summed E-state index contributed by atoms with van der Waals surface area (Å²) in [5, 5.41) is 4.11. The molecule has 0 aliphatic heterocycles. The SMILES string of the molecule is CC(=O)c1c(C)nsc1NCc1scnc1C. The van der Waals surface area contributed by atoms with Gasteiger partial charge in [-0.3, -0.25) is 4.79 Å². The van der Waals surface area contributed by atoms with Crippen LogP contribution in [0, 0.1) is 13.8 Å². The number of nitrogens with zero attached hydrogens (tertiary/aromatic N) is 2. The molecule has 2 aromatic rings. The maximum Gasteiger partial charge on any atom is 0.164 e. The molecule has 2 rings (SSSR count). The van der Waals surface area contributed by atoms with Gasteiger partial charge in [-0.1, -0.05) is 0 Å². The third-order valence-corrected chi connectivity index (χ3v) is 4.30. The molecule has 0 fully saturated rings. The van der Waals surface area contributed by atoms with Crippen molar-refractivity contribution in [1.82, 2.24) is 9.36 Å². The first-order valence-electron chi connectivity index (χ1n) is 5.19.